The molecule has 2 heterocycles. The van der Waals surface area contributed by atoms with Crippen LogP contribution in [0.25, 0.3) is 0 Å². The Bertz CT molecular complexity index is 879. The molecule has 4 heteroatoms. The maximum absolute atomic E-state index is 13.6. The molecule has 4 rings (SSSR count). The summed E-state index contributed by atoms with van der Waals surface area (Å²) in [7, 11) is 0. The van der Waals surface area contributed by atoms with Crippen LogP contribution in [-0.2, 0) is 16.0 Å². The molecule has 2 aromatic rings. The second-order valence-electron chi connectivity index (χ2n) is 8.39. The number of rotatable bonds is 3. The third-order valence-corrected chi connectivity index (χ3v) is 6.57. The highest BCUT2D eigenvalue weighted by Crippen LogP contribution is 2.38. The van der Waals surface area contributed by atoms with Crippen molar-refractivity contribution in [3.8, 4) is 0 Å². The smallest absolute Gasteiger partial charge is 0.225 e. The van der Waals surface area contributed by atoms with E-state index in [4.69, 9.17) is 0 Å². The fourth-order valence-corrected chi connectivity index (χ4v) is 5.13. The van der Waals surface area contributed by atoms with Gasteiger partial charge in [-0.1, -0.05) is 54.6 Å². The normalized spacial score (nSPS) is 24.1. The van der Waals surface area contributed by atoms with Crippen LogP contribution in [0.3, 0.4) is 0 Å². The van der Waals surface area contributed by atoms with E-state index >= 15 is 0 Å². The molecule has 0 aromatic heterocycles. The van der Waals surface area contributed by atoms with Crippen LogP contribution >= 0.6 is 0 Å². The fourth-order valence-electron chi connectivity index (χ4n) is 5.13. The number of likely N-dealkylation sites (tertiary alicyclic amines) is 1. The summed E-state index contributed by atoms with van der Waals surface area (Å²) in [6.45, 7) is 4.45. The van der Waals surface area contributed by atoms with Crippen molar-refractivity contribution in [2.45, 2.75) is 64.1 Å². The molecule has 1 saturated heterocycles. The Hall–Kier alpha value is -2.62. The maximum atomic E-state index is 13.6. The van der Waals surface area contributed by atoms with Gasteiger partial charge in [0.25, 0.3) is 0 Å². The summed E-state index contributed by atoms with van der Waals surface area (Å²) in [6, 6.07) is 18.8. The van der Waals surface area contributed by atoms with Gasteiger partial charge in [0.1, 0.15) is 0 Å². The SMILES string of the molecule is CC(=O)N1CCc2ccccc2C1CC(=O)N1C(C)CCCC1c1ccccc1. The van der Waals surface area contributed by atoms with Crippen molar-refractivity contribution >= 4 is 11.8 Å². The molecule has 1 fully saturated rings. The lowest BCUT2D eigenvalue weighted by molar-refractivity contribution is -0.141. The zero-order valence-corrected chi connectivity index (χ0v) is 17.4. The second-order valence-corrected chi connectivity index (χ2v) is 8.39. The van der Waals surface area contributed by atoms with Crippen LogP contribution in [-0.4, -0.2) is 34.2 Å². The third-order valence-electron chi connectivity index (χ3n) is 6.57. The average molecular weight is 391 g/mol. The maximum Gasteiger partial charge on any atom is 0.225 e. The Morgan fingerprint density at radius 3 is 2.48 bits per heavy atom. The van der Waals surface area contributed by atoms with Gasteiger partial charge in [0.2, 0.25) is 11.8 Å². The Balaban J connectivity index is 1.63. The molecule has 0 radical (unpaired) electrons. The number of nitrogens with zero attached hydrogens (tertiary/aromatic N) is 2. The van der Waals surface area contributed by atoms with E-state index in [1.165, 1.54) is 11.1 Å². The third kappa shape index (κ3) is 3.93. The Morgan fingerprint density at radius 2 is 1.72 bits per heavy atom. The molecule has 2 aliphatic heterocycles. The van der Waals surface area contributed by atoms with Gasteiger partial charge in [0.05, 0.1) is 18.5 Å². The first-order valence-electron chi connectivity index (χ1n) is 10.8. The van der Waals surface area contributed by atoms with Gasteiger partial charge in [-0.2, -0.15) is 0 Å². The molecule has 3 unspecified atom stereocenters. The minimum Gasteiger partial charge on any atom is -0.335 e. The summed E-state index contributed by atoms with van der Waals surface area (Å²) < 4.78 is 0. The van der Waals surface area contributed by atoms with E-state index < -0.39 is 0 Å². The van der Waals surface area contributed by atoms with E-state index in [2.05, 4.69) is 36.1 Å². The van der Waals surface area contributed by atoms with Crippen molar-refractivity contribution in [3.05, 3.63) is 71.3 Å². The highest BCUT2D eigenvalue weighted by atomic mass is 16.2. The van der Waals surface area contributed by atoms with Crippen molar-refractivity contribution in [2.24, 2.45) is 0 Å². The summed E-state index contributed by atoms with van der Waals surface area (Å²) in [5.41, 5.74) is 3.59. The molecule has 0 bridgehead atoms. The zero-order valence-electron chi connectivity index (χ0n) is 17.4. The predicted molar refractivity (Wildman–Crippen MR) is 114 cm³/mol. The largest absolute Gasteiger partial charge is 0.335 e. The lowest BCUT2D eigenvalue weighted by Gasteiger charge is -2.43. The predicted octanol–water partition coefficient (Wildman–Crippen LogP) is 4.66. The summed E-state index contributed by atoms with van der Waals surface area (Å²) in [4.78, 5) is 29.9. The van der Waals surface area contributed by atoms with Crippen molar-refractivity contribution in [1.29, 1.82) is 0 Å². The quantitative estimate of drug-likeness (QED) is 0.764. The van der Waals surface area contributed by atoms with Crippen LogP contribution in [0.1, 0.15) is 68.3 Å². The Kier molecular flexibility index (Phi) is 5.70. The van der Waals surface area contributed by atoms with Gasteiger partial charge >= 0.3 is 0 Å². The Morgan fingerprint density at radius 1 is 1.00 bits per heavy atom. The molecule has 0 saturated carbocycles. The van der Waals surface area contributed by atoms with Crippen LogP contribution in [0.15, 0.2) is 54.6 Å². The molecule has 3 atom stereocenters. The van der Waals surface area contributed by atoms with Crippen LogP contribution in [0, 0.1) is 0 Å². The lowest BCUT2D eigenvalue weighted by Crippen LogP contribution is -2.47. The minimum absolute atomic E-state index is 0.0450. The standard InChI is InChI=1S/C25H30N2O2/c1-18-9-8-14-23(21-11-4-3-5-12-21)27(18)25(29)17-24-22-13-7-6-10-20(22)15-16-26(24)19(2)28/h3-7,10-13,18,23-24H,8-9,14-17H2,1-2H3. The number of fused-ring (bicyclic) bond motifs is 1. The van der Waals surface area contributed by atoms with Gasteiger partial charge in [-0.25, -0.2) is 0 Å². The van der Waals surface area contributed by atoms with Crippen molar-refractivity contribution in [2.75, 3.05) is 6.54 Å². The highest BCUT2D eigenvalue weighted by Gasteiger charge is 2.37. The molecule has 2 aliphatic rings. The number of hydrogen-bond acceptors (Lipinski definition) is 2. The van der Waals surface area contributed by atoms with Gasteiger partial charge in [-0.15, -0.1) is 0 Å². The van der Waals surface area contributed by atoms with Gasteiger partial charge in [-0.3, -0.25) is 9.59 Å². The fraction of sp³-hybridized carbons (Fsp3) is 0.440. The van der Waals surface area contributed by atoms with Gasteiger partial charge in [0, 0.05) is 19.5 Å². The van der Waals surface area contributed by atoms with Crippen LogP contribution in [0.5, 0.6) is 0 Å². The summed E-state index contributed by atoms with van der Waals surface area (Å²) in [6.07, 6.45) is 4.37. The van der Waals surface area contributed by atoms with E-state index in [0.717, 1.165) is 31.2 Å². The lowest BCUT2D eigenvalue weighted by atomic mass is 9.88. The number of carbonyl (C=O) groups is 2. The van der Waals surface area contributed by atoms with Crippen molar-refractivity contribution < 1.29 is 9.59 Å². The van der Waals surface area contributed by atoms with E-state index in [-0.39, 0.29) is 29.9 Å². The Labute approximate surface area is 173 Å². The number of piperidine rings is 1. The van der Waals surface area contributed by atoms with Crippen molar-refractivity contribution in [3.63, 3.8) is 0 Å². The summed E-state index contributed by atoms with van der Waals surface area (Å²) in [5, 5.41) is 0. The highest BCUT2D eigenvalue weighted by molar-refractivity contribution is 5.80. The zero-order chi connectivity index (χ0) is 20.4. The summed E-state index contributed by atoms with van der Waals surface area (Å²) in [5.74, 6) is 0.197. The molecule has 0 spiro atoms. The van der Waals surface area contributed by atoms with Gasteiger partial charge in [-0.05, 0) is 49.3 Å². The van der Waals surface area contributed by atoms with Gasteiger partial charge < -0.3 is 9.80 Å². The second kappa shape index (κ2) is 8.40. The monoisotopic (exact) mass is 390 g/mol. The molecular formula is C25H30N2O2. The van der Waals surface area contributed by atoms with Gasteiger partial charge in [0.15, 0.2) is 0 Å². The molecule has 4 nitrogen and oxygen atoms in total. The van der Waals surface area contributed by atoms with Crippen LogP contribution < -0.4 is 0 Å². The molecule has 0 N–H and O–H groups in total. The average Bonchev–Trinajstić information content (AvgIpc) is 2.74. The van der Waals surface area contributed by atoms with E-state index in [1.54, 1.807) is 6.92 Å². The first-order chi connectivity index (χ1) is 14.1. The molecular weight excluding hydrogens is 360 g/mol. The van der Waals surface area contributed by atoms with E-state index in [9.17, 15) is 9.59 Å². The number of amides is 2. The molecule has 2 aromatic carbocycles. The van der Waals surface area contributed by atoms with Crippen LogP contribution in [0.2, 0.25) is 0 Å². The first-order valence-corrected chi connectivity index (χ1v) is 10.8. The van der Waals surface area contributed by atoms with Crippen molar-refractivity contribution in [1.82, 2.24) is 9.80 Å². The molecule has 29 heavy (non-hydrogen) atoms. The molecule has 152 valence electrons. The minimum atomic E-state index is -0.171. The molecule has 2 amide bonds. The summed E-state index contributed by atoms with van der Waals surface area (Å²) >= 11 is 0. The number of hydrogen-bond donors (Lipinski definition) is 0. The molecule has 0 aliphatic carbocycles. The van der Waals surface area contributed by atoms with E-state index in [0.29, 0.717) is 13.0 Å². The number of benzene rings is 2. The topological polar surface area (TPSA) is 40.6 Å². The first kappa shape index (κ1) is 19.7. The van der Waals surface area contributed by atoms with Crippen LogP contribution in [0.4, 0.5) is 0 Å². The van der Waals surface area contributed by atoms with E-state index in [1.807, 2.05) is 35.2 Å². The number of carbonyl (C=O) groups excluding carboxylic acids is 2.